The lowest BCUT2D eigenvalue weighted by atomic mass is 9.72. The Balaban J connectivity index is 1.66. The Hall–Kier alpha value is -2.44. The van der Waals surface area contributed by atoms with Gasteiger partial charge < -0.3 is 14.5 Å². The molecule has 3 atom stereocenters. The van der Waals surface area contributed by atoms with Gasteiger partial charge in [0.05, 0.1) is 22.1 Å². The molecule has 1 amide bonds. The molecule has 3 aliphatic rings. The molecule has 7 heteroatoms. The van der Waals surface area contributed by atoms with Crippen molar-refractivity contribution < 1.29 is 19.2 Å². The van der Waals surface area contributed by atoms with Crippen LogP contribution in [0.5, 0.6) is 0 Å². The van der Waals surface area contributed by atoms with Gasteiger partial charge >= 0.3 is 5.97 Å². The highest BCUT2D eigenvalue weighted by atomic mass is 16.5. The van der Waals surface area contributed by atoms with Crippen molar-refractivity contribution in [2.24, 2.45) is 5.41 Å². The minimum atomic E-state index is -0.822. The highest BCUT2D eigenvalue weighted by Gasteiger charge is 2.61. The van der Waals surface area contributed by atoms with Gasteiger partial charge in [-0.2, -0.15) is 0 Å². The third-order valence-electron chi connectivity index (χ3n) is 7.07. The number of fused-ring (bicyclic) bond motifs is 4. The van der Waals surface area contributed by atoms with E-state index in [1.807, 2.05) is 18.7 Å². The molecule has 2 aromatic rings. The van der Waals surface area contributed by atoms with Crippen LogP contribution in [0.25, 0.3) is 11.1 Å². The van der Waals surface area contributed by atoms with Gasteiger partial charge in [0.2, 0.25) is 0 Å². The van der Waals surface area contributed by atoms with Gasteiger partial charge in [-0.25, -0.2) is 4.98 Å². The molecule has 0 radical (unpaired) electrons. The smallest absolute Gasteiger partial charge is 0.311 e. The SMILES string of the molecule is CC[C@@]1(C(=O)O)C[C@@H]2CC[C@H]1N2C(=O)c1c2c(nc3onc(C)c13)CCC2. The second-order valence-corrected chi connectivity index (χ2v) is 8.19. The number of carbonyl (C=O) groups is 2. The molecule has 1 N–H and O–H groups in total. The predicted molar refractivity (Wildman–Crippen MR) is 96.5 cm³/mol. The second kappa shape index (κ2) is 5.53. The summed E-state index contributed by atoms with van der Waals surface area (Å²) in [5, 5.41) is 14.6. The first-order valence-electron chi connectivity index (χ1n) is 9.81. The third-order valence-corrected chi connectivity index (χ3v) is 7.07. The summed E-state index contributed by atoms with van der Waals surface area (Å²) >= 11 is 0. The summed E-state index contributed by atoms with van der Waals surface area (Å²) in [5.74, 6) is -0.836. The van der Waals surface area contributed by atoms with E-state index in [9.17, 15) is 14.7 Å². The summed E-state index contributed by atoms with van der Waals surface area (Å²) in [6, 6.07) is -0.239. The Morgan fingerprint density at radius 3 is 2.85 bits per heavy atom. The molecule has 2 bridgehead atoms. The molecule has 142 valence electrons. The molecule has 2 aromatic heterocycles. The maximum Gasteiger partial charge on any atom is 0.311 e. The molecular formula is C20H23N3O4. The lowest BCUT2D eigenvalue weighted by Crippen LogP contribution is -2.45. The standard InChI is InChI=1S/C20H23N3O4/c1-3-20(19(25)26)9-11-7-8-14(20)23(11)18(24)16-12-5-4-6-13(12)21-17-15(16)10(2)22-27-17/h11,14H,3-9H2,1-2H3,(H,25,26)/t11-,14+,20+/m0/s1. The van der Waals surface area contributed by atoms with Gasteiger partial charge in [-0.1, -0.05) is 12.1 Å². The van der Waals surface area contributed by atoms with Crippen LogP contribution in [-0.4, -0.2) is 44.1 Å². The van der Waals surface area contributed by atoms with Gasteiger partial charge in [0, 0.05) is 17.8 Å². The van der Waals surface area contributed by atoms with Crippen LogP contribution in [0.1, 0.15) is 66.3 Å². The van der Waals surface area contributed by atoms with E-state index in [0.717, 1.165) is 43.4 Å². The van der Waals surface area contributed by atoms with Crippen LogP contribution in [0.15, 0.2) is 4.52 Å². The Labute approximate surface area is 156 Å². The van der Waals surface area contributed by atoms with Crippen LogP contribution in [0.2, 0.25) is 0 Å². The van der Waals surface area contributed by atoms with Gasteiger partial charge in [-0.15, -0.1) is 0 Å². The van der Waals surface area contributed by atoms with Crippen molar-refractivity contribution in [3.63, 3.8) is 0 Å². The number of nitrogens with zero attached hydrogens (tertiary/aromatic N) is 3. The van der Waals surface area contributed by atoms with E-state index in [4.69, 9.17) is 4.52 Å². The maximum atomic E-state index is 13.8. The molecule has 7 nitrogen and oxygen atoms in total. The van der Waals surface area contributed by atoms with E-state index in [1.54, 1.807) is 0 Å². The van der Waals surface area contributed by atoms with Crippen molar-refractivity contribution in [2.45, 2.75) is 70.9 Å². The van der Waals surface area contributed by atoms with Crippen LogP contribution in [0.3, 0.4) is 0 Å². The zero-order chi connectivity index (χ0) is 18.9. The molecule has 2 saturated heterocycles. The van der Waals surface area contributed by atoms with Crippen molar-refractivity contribution in [1.29, 1.82) is 0 Å². The van der Waals surface area contributed by atoms with E-state index < -0.39 is 11.4 Å². The average Bonchev–Trinajstić information content (AvgIpc) is 3.41. The van der Waals surface area contributed by atoms with Gasteiger partial charge in [0.25, 0.3) is 11.6 Å². The summed E-state index contributed by atoms with van der Waals surface area (Å²) in [5.41, 5.74) is 2.85. The Morgan fingerprint density at radius 2 is 2.15 bits per heavy atom. The van der Waals surface area contributed by atoms with Crippen LogP contribution in [-0.2, 0) is 17.6 Å². The number of pyridine rings is 1. The van der Waals surface area contributed by atoms with Crippen LogP contribution in [0, 0.1) is 12.3 Å². The number of hydrogen-bond donors (Lipinski definition) is 1. The number of aliphatic carboxylic acids is 1. The Morgan fingerprint density at radius 1 is 1.33 bits per heavy atom. The van der Waals surface area contributed by atoms with E-state index in [1.165, 1.54) is 0 Å². The molecule has 4 heterocycles. The zero-order valence-electron chi connectivity index (χ0n) is 15.6. The first-order valence-corrected chi connectivity index (χ1v) is 9.81. The molecule has 0 unspecified atom stereocenters. The fourth-order valence-corrected chi connectivity index (χ4v) is 5.73. The third kappa shape index (κ3) is 2.02. The number of carboxylic acid groups (broad SMARTS) is 1. The zero-order valence-corrected chi connectivity index (χ0v) is 15.6. The molecule has 0 spiro atoms. The van der Waals surface area contributed by atoms with Crippen LogP contribution >= 0.6 is 0 Å². The maximum absolute atomic E-state index is 13.8. The quantitative estimate of drug-likeness (QED) is 0.894. The number of rotatable bonds is 3. The first-order chi connectivity index (χ1) is 13.0. The average molecular weight is 369 g/mol. The molecule has 0 saturated carbocycles. The number of carbonyl (C=O) groups excluding carboxylic acids is 1. The Bertz CT molecular complexity index is 981. The second-order valence-electron chi connectivity index (χ2n) is 8.19. The van der Waals surface area contributed by atoms with E-state index >= 15 is 0 Å². The molecule has 1 aliphatic carbocycles. The summed E-state index contributed by atoms with van der Waals surface area (Å²) in [6.45, 7) is 3.75. The molecule has 27 heavy (non-hydrogen) atoms. The first kappa shape index (κ1) is 16.7. The predicted octanol–water partition coefficient (Wildman–Crippen LogP) is 2.88. The minimum absolute atomic E-state index is 0.000940. The highest BCUT2D eigenvalue weighted by molar-refractivity contribution is 6.08. The van der Waals surface area contributed by atoms with Crippen molar-refractivity contribution in [2.75, 3.05) is 0 Å². The highest BCUT2D eigenvalue weighted by Crippen LogP contribution is 2.52. The van der Waals surface area contributed by atoms with Crippen molar-refractivity contribution in [1.82, 2.24) is 15.0 Å². The van der Waals surface area contributed by atoms with Crippen LogP contribution < -0.4 is 0 Å². The van der Waals surface area contributed by atoms with Crippen LogP contribution in [0.4, 0.5) is 0 Å². The fraction of sp³-hybridized carbons (Fsp3) is 0.600. The minimum Gasteiger partial charge on any atom is -0.481 e. The van der Waals surface area contributed by atoms with Crippen molar-refractivity contribution in [3.8, 4) is 0 Å². The topological polar surface area (TPSA) is 96.5 Å². The van der Waals surface area contributed by atoms with E-state index in [0.29, 0.717) is 35.2 Å². The summed E-state index contributed by atoms with van der Waals surface area (Å²) < 4.78 is 5.37. The van der Waals surface area contributed by atoms with Gasteiger partial charge in [0.15, 0.2) is 0 Å². The van der Waals surface area contributed by atoms with Crippen molar-refractivity contribution in [3.05, 3.63) is 22.5 Å². The lowest BCUT2D eigenvalue weighted by molar-refractivity contribution is -0.151. The number of carboxylic acids is 1. The molecule has 5 rings (SSSR count). The Kier molecular flexibility index (Phi) is 3.42. The summed E-state index contributed by atoms with van der Waals surface area (Å²) in [4.78, 5) is 32.3. The molecule has 0 aromatic carbocycles. The fourth-order valence-electron chi connectivity index (χ4n) is 5.73. The molecular weight excluding hydrogens is 346 g/mol. The van der Waals surface area contributed by atoms with Gasteiger partial charge in [-0.05, 0) is 57.4 Å². The monoisotopic (exact) mass is 369 g/mol. The molecule has 2 fully saturated rings. The number of hydrogen-bond acceptors (Lipinski definition) is 5. The summed E-state index contributed by atoms with van der Waals surface area (Å²) in [7, 11) is 0. The number of aryl methyl sites for hydroxylation is 2. The van der Waals surface area contributed by atoms with Crippen molar-refractivity contribution >= 4 is 23.0 Å². The van der Waals surface area contributed by atoms with E-state index in [2.05, 4.69) is 10.1 Å². The largest absolute Gasteiger partial charge is 0.481 e. The van der Waals surface area contributed by atoms with Gasteiger partial charge in [-0.3, -0.25) is 9.59 Å². The molecule has 2 aliphatic heterocycles. The number of amides is 1. The normalized spacial score (nSPS) is 28.9. The lowest BCUT2D eigenvalue weighted by Gasteiger charge is -2.32. The van der Waals surface area contributed by atoms with E-state index in [-0.39, 0.29) is 18.0 Å². The number of aromatic nitrogens is 2. The summed E-state index contributed by atoms with van der Waals surface area (Å²) in [6.07, 6.45) is 5.37. The van der Waals surface area contributed by atoms with Gasteiger partial charge in [0.1, 0.15) is 0 Å².